The number of rotatable bonds is 3. The third-order valence-corrected chi connectivity index (χ3v) is 7.20. The van der Waals surface area contributed by atoms with Crippen LogP contribution in [-0.2, 0) is 14.8 Å². The number of morpholine rings is 1. The summed E-state index contributed by atoms with van der Waals surface area (Å²) in [6.07, 6.45) is 1.98. The highest BCUT2D eigenvalue weighted by atomic mass is 32.2. The minimum absolute atomic E-state index is 0.0449. The fourth-order valence-electron chi connectivity index (χ4n) is 2.49. The first-order valence-electron chi connectivity index (χ1n) is 6.02. The van der Waals surface area contributed by atoms with Crippen molar-refractivity contribution in [2.75, 3.05) is 13.1 Å². The van der Waals surface area contributed by atoms with Crippen LogP contribution in [0.3, 0.4) is 0 Å². The molecule has 19 heavy (non-hydrogen) atoms. The Morgan fingerprint density at radius 2 is 2.00 bits per heavy atom. The van der Waals surface area contributed by atoms with Crippen LogP contribution < -0.4 is 5.73 Å². The predicted molar refractivity (Wildman–Crippen MR) is 76.9 cm³/mol. The number of fused-ring (bicyclic) bond motifs is 2. The lowest BCUT2D eigenvalue weighted by Crippen LogP contribution is -2.45. The van der Waals surface area contributed by atoms with E-state index >= 15 is 0 Å². The molecule has 2 aliphatic rings. The van der Waals surface area contributed by atoms with Gasteiger partial charge in [0, 0.05) is 13.1 Å². The van der Waals surface area contributed by atoms with Crippen molar-refractivity contribution in [3.63, 3.8) is 0 Å². The fraction of sp³-hybridized carbons (Fsp3) is 0.545. The molecule has 2 atom stereocenters. The summed E-state index contributed by atoms with van der Waals surface area (Å²) in [5.74, 6) is 0. The number of sulfonamides is 1. The van der Waals surface area contributed by atoms with E-state index in [1.807, 2.05) is 0 Å². The van der Waals surface area contributed by atoms with Crippen LogP contribution in [0.15, 0.2) is 16.3 Å². The lowest BCUT2D eigenvalue weighted by Gasteiger charge is -2.30. The zero-order valence-corrected chi connectivity index (χ0v) is 12.6. The van der Waals surface area contributed by atoms with E-state index in [4.69, 9.17) is 22.7 Å². The number of ether oxygens (including phenoxy) is 1. The van der Waals surface area contributed by atoms with Gasteiger partial charge in [-0.15, -0.1) is 11.3 Å². The van der Waals surface area contributed by atoms with Gasteiger partial charge in [-0.2, -0.15) is 4.31 Å². The molecule has 2 bridgehead atoms. The van der Waals surface area contributed by atoms with Crippen LogP contribution in [0.25, 0.3) is 0 Å². The number of hydrogen-bond acceptors (Lipinski definition) is 5. The topological polar surface area (TPSA) is 72.6 Å². The smallest absolute Gasteiger partial charge is 0.252 e. The SMILES string of the molecule is NC(=S)c1ccc(S(=O)(=O)N2CC3CCC(C2)O3)s1. The molecule has 0 radical (unpaired) electrons. The fourth-order valence-corrected chi connectivity index (χ4v) is 5.50. The van der Waals surface area contributed by atoms with Crippen LogP contribution in [0.4, 0.5) is 0 Å². The van der Waals surface area contributed by atoms with E-state index in [-0.39, 0.29) is 17.2 Å². The van der Waals surface area contributed by atoms with Crippen LogP contribution in [0.1, 0.15) is 17.7 Å². The lowest BCUT2D eigenvalue weighted by molar-refractivity contribution is -0.0114. The monoisotopic (exact) mass is 318 g/mol. The maximum absolute atomic E-state index is 12.5. The molecule has 0 aliphatic carbocycles. The highest BCUT2D eigenvalue weighted by molar-refractivity contribution is 7.91. The Morgan fingerprint density at radius 1 is 1.37 bits per heavy atom. The molecule has 0 aromatic carbocycles. The summed E-state index contributed by atoms with van der Waals surface area (Å²) in [7, 11) is -3.44. The van der Waals surface area contributed by atoms with E-state index in [0.29, 0.717) is 22.2 Å². The second-order valence-electron chi connectivity index (χ2n) is 4.76. The van der Waals surface area contributed by atoms with Crippen molar-refractivity contribution in [3.8, 4) is 0 Å². The van der Waals surface area contributed by atoms with Crippen molar-refractivity contribution in [3.05, 3.63) is 17.0 Å². The first kappa shape index (κ1) is 13.4. The standard InChI is InChI=1S/C11H14N2O3S3/c12-11(17)9-3-4-10(18-9)19(14,15)13-5-7-1-2-8(6-13)16-7/h3-4,7-8H,1-2,5-6H2,(H2,12,17). The summed E-state index contributed by atoms with van der Waals surface area (Å²) in [4.78, 5) is 0.860. The molecule has 1 aromatic heterocycles. The molecular formula is C11H14N2O3S3. The lowest BCUT2D eigenvalue weighted by atomic mass is 10.2. The average Bonchev–Trinajstić information content (AvgIpc) is 2.96. The molecular weight excluding hydrogens is 304 g/mol. The first-order valence-corrected chi connectivity index (χ1v) is 8.68. The van der Waals surface area contributed by atoms with Crippen molar-refractivity contribution in [1.29, 1.82) is 0 Å². The van der Waals surface area contributed by atoms with Crippen molar-refractivity contribution >= 4 is 38.6 Å². The summed E-state index contributed by atoms with van der Waals surface area (Å²) < 4.78 is 32.6. The second kappa shape index (κ2) is 4.78. The zero-order chi connectivity index (χ0) is 13.6. The van der Waals surface area contributed by atoms with Gasteiger partial charge in [-0.1, -0.05) is 12.2 Å². The molecule has 3 rings (SSSR count). The molecule has 2 N–H and O–H groups in total. The van der Waals surface area contributed by atoms with E-state index in [1.165, 1.54) is 4.31 Å². The summed E-state index contributed by atoms with van der Waals surface area (Å²) in [5, 5.41) is 0. The maximum Gasteiger partial charge on any atom is 0.252 e. The molecule has 104 valence electrons. The van der Waals surface area contributed by atoms with Gasteiger partial charge in [0.25, 0.3) is 10.0 Å². The first-order chi connectivity index (χ1) is 8.96. The molecule has 5 nitrogen and oxygen atoms in total. The van der Waals surface area contributed by atoms with Gasteiger partial charge in [0.1, 0.15) is 9.20 Å². The summed E-state index contributed by atoms with van der Waals surface area (Å²) >= 11 is 5.99. The molecule has 8 heteroatoms. The predicted octanol–water partition coefficient (Wildman–Crippen LogP) is 0.934. The quantitative estimate of drug-likeness (QED) is 0.840. The second-order valence-corrected chi connectivity index (χ2v) is 8.45. The van der Waals surface area contributed by atoms with Gasteiger partial charge in [0.2, 0.25) is 0 Å². The largest absolute Gasteiger partial charge is 0.389 e. The van der Waals surface area contributed by atoms with Crippen molar-refractivity contribution in [2.45, 2.75) is 29.3 Å². The average molecular weight is 318 g/mol. The number of thiocarbonyl (C=S) groups is 1. The van der Waals surface area contributed by atoms with Gasteiger partial charge < -0.3 is 10.5 Å². The van der Waals surface area contributed by atoms with Gasteiger partial charge in [0.05, 0.1) is 17.1 Å². The van der Waals surface area contributed by atoms with Crippen molar-refractivity contribution in [1.82, 2.24) is 4.31 Å². The molecule has 2 unspecified atom stereocenters. The van der Waals surface area contributed by atoms with E-state index < -0.39 is 10.0 Å². The van der Waals surface area contributed by atoms with E-state index in [1.54, 1.807) is 12.1 Å². The molecule has 0 spiro atoms. The molecule has 2 fully saturated rings. The highest BCUT2D eigenvalue weighted by Gasteiger charge is 2.39. The number of nitrogens with two attached hydrogens (primary N) is 1. The Morgan fingerprint density at radius 3 is 2.53 bits per heavy atom. The summed E-state index contributed by atoms with van der Waals surface area (Å²) in [6.45, 7) is 0.887. The van der Waals surface area contributed by atoms with E-state index in [0.717, 1.165) is 24.2 Å². The third-order valence-electron chi connectivity index (χ3n) is 3.43. The molecule has 2 saturated heterocycles. The highest BCUT2D eigenvalue weighted by Crippen LogP contribution is 2.32. The van der Waals surface area contributed by atoms with Gasteiger partial charge in [-0.05, 0) is 25.0 Å². The molecule has 3 heterocycles. The van der Waals surface area contributed by atoms with E-state index in [9.17, 15) is 8.42 Å². The van der Waals surface area contributed by atoms with Crippen molar-refractivity contribution < 1.29 is 13.2 Å². The van der Waals surface area contributed by atoms with Crippen LogP contribution in [0, 0.1) is 0 Å². The van der Waals surface area contributed by atoms with Crippen LogP contribution >= 0.6 is 23.6 Å². The van der Waals surface area contributed by atoms with E-state index in [2.05, 4.69) is 0 Å². The molecule has 1 aromatic rings. The third kappa shape index (κ3) is 2.43. The molecule has 2 aliphatic heterocycles. The van der Waals surface area contributed by atoms with Gasteiger partial charge in [0.15, 0.2) is 0 Å². The minimum Gasteiger partial charge on any atom is -0.389 e. The minimum atomic E-state index is -3.44. The Balaban J connectivity index is 1.87. The van der Waals surface area contributed by atoms with Gasteiger partial charge in [-0.25, -0.2) is 8.42 Å². The van der Waals surface area contributed by atoms with Crippen LogP contribution in [0.2, 0.25) is 0 Å². The Hall–Kier alpha value is -0.540. The Kier molecular flexibility index (Phi) is 3.38. The van der Waals surface area contributed by atoms with Gasteiger partial charge >= 0.3 is 0 Å². The summed E-state index contributed by atoms with van der Waals surface area (Å²) in [6, 6.07) is 3.24. The maximum atomic E-state index is 12.5. The van der Waals surface area contributed by atoms with Crippen LogP contribution in [0.5, 0.6) is 0 Å². The Bertz CT molecular complexity index is 598. The normalized spacial score (nSPS) is 27.6. The molecule has 0 saturated carbocycles. The van der Waals surface area contributed by atoms with Crippen molar-refractivity contribution in [2.24, 2.45) is 5.73 Å². The number of hydrogen-bond donors (Lipinski definition) is 1. The summed E-state index contributed by atoms with van der Waals surface area (Å²) in [5.41, 5.74) is 5.52. The number of thiophene rings is 1. The zero-order valence-electron chi connectivity index (χ0n) is 10.1. The van der Waals surface area contributed by atoms with Gasteiger partial charge in [-0.3, -0.25) is 0 Å². The number of nitrogens with zero attached hydrogens (tertiary/aromatic N) is 1. The molecule has 0 amide bonds. The Labute approximate surface area is 121 Å². The van der Waals surface area contributed by atoms with Crippen LogP contribution in [-0.4, -0.2) is 43.0 Å².